The van der Waals surface area contributed by atoms with Crippen molar-refractivity contribution in [3.05, 3.63) is 0 Å². The summed E-state index contributed by atoms with van der Waals surface area (Å²) in [6, 6.07) is 0. The van der Waals surface area contributed by atoms with E-state index >= 15 is 0 Å². The summed E-state index contributed by atoms with van der Waals surface area (Å²) in [7, 11) is 1.59. The molecule has 5 heteroatoms. The summed E-state index contributed by atoms with van der Waals surface area (Å²) < 4.78 is 10.6. The lowest BCUT2D eigenvalue weighted by Gasteiger charge is -2.44. The van der Waals surface area contributed by atoms with Crippen molar-refractivity contribution in [2.24, 2.45) is 0 Å². The minimum Gasteiger partial charge on any atom is -0.480 e. The van der Waals surface area contributed by atoms with E-state index < -0.39 is 11.5 Å². The smallest absolute Gasteiger partial charge is 0.323 e. The molecule has 0 aromatic carbocycles. The zero-order valence-electron chi connectivity index (χ0n) is 11.1. The third kappa shape index (κ3) is 3.40. The van der Waals surface area contributed by atoms with Crippen molar-refractivity contribution in [2.75, 3.05) is 26.8 Å². The van der Waals surface area contributed by atoms with Gasteiger partial charge in [0.1, 0.15) is 5.54 Å². The highest BCUT2D eigenvalue weighted by atomic mass is 16.5. The first kappa shape index (κ1) is 14.4. The number of carbonyl (C=O) groups is 1. The molecular weight excluding hydrogens is 222 g/mol. The predicted octanol–water partition coefficient (Wildman–Crippen LogP) is 0.975. The molecule has 5 nitrogen and oxygen atoms in total. The normalized spacial score (nSPS) is 29.9. The molecule has 100 valence electrons. The van der Waals surface area contributed by atoms with Gasteiger partial charge in [0.25, 0.3) is 0 Å². The van der Waals surface area contributed by atoms with Crippen molar-refractivity contribution in [2.45, 2.75) is 44.9 Å². The monoisotopic (exact) mass is 245 g/mol. The molecule has 1 aliphatic rings. The number of rotatable bonds is 5. The minimum atomic E-state index is -0.873. The number of carboxylic acid groups (broad SMARTS) is 1. The van der Waals surface area contributed by atoms with Crippen LogP contribution in [0.4, 0.5) is 0 Å². The van der Waals surface area contributed by atoms with E-state index in [4.69, 9.17) is 9.47 Å². The fourth-order valence-electron chi connectivity index (χ4n) is 2.28. The van der Waals surface area contributed by atoms with Crippen LogP contribution in [0.1, 0.15) is 27.2 Å². The van der Waals surface area contributed by atoms with Gasteiger partial charge in [0.2, 0.25) is 0 Å². The standard InChI is InChI=1S/C12H23NO4/c1-9-7-13(8-10(2)17-9)12(3,11(14)15)5-6-16-4/h9-10H,5-8H2,1-4H3,(H,14,15). The summed E-state index contributed by atoms with van der Waals surface area (Å²) in [5.74, 6) is -0.796. The molecule has 1 rings (SSSR count). The van der Waals surface area contributed by atoms with Crippen LogP contribution in [-0.4, -0.2) is 60.5 Å². The number of aliphatic carboxylic acids is 1. The molecule has 0 radical (unpaired) electrons. The Bertz CT molecular complexity index is 261. The quantitative estimate of drug-likeness (QED) is 0.782. The second-order valence-electron chi connectivity index (χ2n) is 4.98. The number of nitrogens with zero attached hydrogens (tertiary/aromatic N) is 1. The third-order valence-corrected chi connectivity index (χ3v) is 3.37. The number of ether oxygens (including phenoxy) is 2. The van der Waals surface area contributed by atoms with Crippen LogP contribution >= 0.6 is 0 Å². The van der Waals surface area contributed by atoms with Crippen molar-refractivity contribution in [3.63, 3.8) is 0 Å². The highest BCUT2D eigenvalue weighted by Gasteiger charge is 2.42. The van der Waals surface area contributed by atoms with Crippen LogP contribution in [0, 0.1) is 0 Å². The lowest BCUT2D eigenvalue weighted by Crippen LogP contribution is -2.60. The molecule has 0 aromatic rings. The summed E-state index contributed by atoms with van der Waals surface area (Å²) in [6.07, 6.45) is 0.623. The summed E-state index contributed by atoms with van der Waals surface area (Å²) in [4.78, 5) is 13.5. The molecule has 1 aliphatic heterocycles. The lowest BCUT2D eigenvalue weighted by atomic mass is 9.94. The van der Waals surface area contributed by atoms with E-state index in [1.165, 1.54) is 0 Å². The maximum atomic E-state index is 11.5. The minimum absolute atomic E-state index is 0.0694. The number of morpholine rings is 1. The van der Waals surface area contributed by atoms with E-state index in [0.717, 1.165) is 0 Å². The molecule has 0 amide bonds. The van der Waals surface area contributed by atoms with Gasteiger partial charge in [-0.05, 0) is 27.2 Å². The molecule has 1 fully saturated rings. The van der Waals surface area contributed by atoms with Gasteiger partial charge in [-0.15, -0.1) is 0 Å². The first-order chi connectivity index (χ1) is 7.90. The van der Waals surface area contributed by atoms with Gasteiger partial charge in [0, 0.05) is 26.8 Å². The van der Waals surface area contributed by atoms with Gasteiger partial charge in [0.05, 0.1) is 12.2 Å². The van der Waals surface area contributed by atoms with Gasteiger partial charge in [-0.1, -0.05) is 0 Å². The van der Waals surface area contributed by atoms with E-state index in [2.05, 4.69) is 0 Å². The Hall–Kier alpha value is -0.650. The molecular formula is C12H23NO4. The lowest BCUT2D eigenvalue weighted by molar-refractivity contribution is -0.161. The van der Waals surface area contributed by atoms with Gasteiger partial charge in [-0.2, -0.15) is 0 Å². The van der Waals surface area contributed by atoms with Crippen LogP contribution < -0.4 is 0 Å². The SMILES string of the molecule is COCCC(C)(C(=O)O)N1CC(C)OC(C)C1. The second-order valence-corrected chi connectivity index (χ2v) is 4.98. The number of carboxylic acids is 1. The Morgan fingerprint density at radius 2 is 2.00 bits per heavy atom. The Morgan fingerprint density at radius 1 is 1.47 bits per heavy atom. The average Bonchev–Trinajstić information content (AvgIpc) is 2.24. The molecule has 1 saturated heterocycles. The average molecular weight is 245 g/mol. The Balaban J connectivity index is 2.78. The molecule has 0 aromatic heterocycles. The van der Waals surface area contributed by atoms with Crippen LogP contribution in [0.15, 0.2) is 0 Å². The molecule has 0 bridgehead atoms. The molecule has 17 heavy (non-hydrogen) atoms. The molecule has 0 spiro atoms. The van der Waals surface area contributed by atoms with Crippen LogP contribution in [0.25, 0.3) is 0 Å². The van der Waals surface area contributed by atoms with E-state index in [1.807, 2.05) is 18.7 Å². The topological polar surface area (TPSA) is 59.0 Å². The molecule has 0 saturated carbocycles. The fraction of sp³-hybridized carbons (Fsp3) is 0.917. The molecule has 1 heterocycles. The highest BCUT2D eigenvalue weighted by Crippen LogP contribution is 2.25. The Morgan fingerprint density at radius 3 is 2.41 bits per heavy atom. The van der Waals surface area contributed by atoms with Crippen molar-refractivity contribution in [1.29, 1.82) is 0 Å². The number of hydrogen-bond acceptors (Lipinski definition) is 4. The van der Waals surface area contributed by atoms with E-state index in [9.17, 15) is 9.90 Å². The van der Waals surface area contributed by atoms with Crippen LogP contribution in [0.5, 0.6) is 0 Å². The Kier molecular flexibility index (Phi) is 4.91. The largest absolute Gasteiger partial charge is 0.480 e. The molecule has 0 aliphatic carbocycles. The molecule has 3 atom stereocenters. The van der Waals surface area contributed by atoms with Crippen LogP contribution in [0.2, 0.25) is 0 Å². The van der Waals surface area contributed by atoms with Gasteiger partial charge >= 0.3 is 5.97 Å². The van der Waals surface area contributed by atoms with Crippen LogP contribution in [0.3, 0.4) is 0 Å². The van der Waals surface area contributed by atoms with Crippen molar-refractivity contribution in [1.82, 2.24) is 4.90 Å². The van der Waals surface area contributed by atoms with Crippen LogP contribution in [-0.2, 0) is 14.3 Å². The maximum Gasteiger partial charge on any atom is 0.323 e. The van der Waals surface area contributed by atoms with E-state index in [-0.39, 0.29) is 12.2 Å². The van der Waals surface area contributed by atoms with Gasteiger partial charge in [0.15, 0.2) is 0 Å². The summed E-state index contributed by atoms with van der Waals surface area (Å²) in [5.41, 5.74) is -0.873. The number of methoxy groups -OCH3 is 1. The summed E-state index contributed by atoms with van der Waals surface area (Å²) >= 11 is 0. The molecule has 1 N–H and O–H groups in total. The van der Waals surface area contributed by atoms with Crippen molar-refractivity contribution in [3.8, 4) is 0 Å². The van der Waals surface area contributed by atoms with Gasteiger partial charge < -0.3 is 14.6 Å². The zero-order chi connectivity index (χ0) is 13.1. The predicted molar refractivity (Wildman–Crippen MR) is 64.1 cm³/mol. The third-order valence-electron chi connectivity index (χ3n) is 3.37. The van der Waals surface area contributed by atoms with Crippen molar-refractivity contribution < 1.29 is 19.4 Å². The van der Waals surface area contributed by atoms with Crippen molar-refractivity contribution >= 4 is 5.97 Å². The first-order valence-corrected chi connectivity index (χ1v) is 6.03. The van der Waals surface area contributed by atoms with E-state index in [1.54, 1.807) is 14.0 Å². The summed E-state index contributed by atoms with van der Waals surface area (Å²) in [5, 5.41) is 9.45. The molecule has 3 unspecified atom stereocenters. The van der Waals surface area contributed by atoms with E-state index in [0.29, 0.717) is 26.1 Å². The summed E-state index contributed by atoms with van der Waals surface area (Å²) in [6.45, 7) is 7.46. The highest BCUT2D eigenvalue weighted by molar-refractivity contribution is 5.78. The maximum absolute atomic E-state index is 11.5. The number of hydrogen-bond donors (Lipinski definition) is 1. The zero-order valence-corrected chi connectivity index (χ0v) is 11.1. The van der Waals surface area contributed by atoms with Gasteiger partial charge in [-0.25, -0.2) is 0 Å². The van der Waals surface area contributed by atoms with Gasteiger partial charge in [-0.3, -0.25) is 9.69 Å². The fourth-order valence-corrected chi connectivity index (χ4v) is 2.28. The Labute approximate surface area is 103 Å². The first-order valence-electron chi connectivity index (χ1n) is 6.03. The second kappa shape index (κ2) is 5.80.